The normalized spacial score (nSPS) is 10.2. The van der Waals surface area contributed by atoms with E-state index in [4.69, 9.17) is 23.2 Å². The van der Waals surface area contributed by atoms with Gasteiger partial charge in [0.2, 0.25) is 0 Å². The number of rotatable bonds is 1. The van der Waals surface area contributed by atoms with E-state index in [0.29, 0.717) is 14.2 Å². The summed E-state index contributed by atoms with van der Waals surface area (Å²) in [6, 6.07) is 2.92. The summed E-state index contributed by atoms with van der Waals surface area (Å²) in [5, 5.41) is 0.544. The van der Waals surface area contributed by atoms with Gasteiger partial charge in [0.1, 0.15) is 5.82 Å². The van der Waals surface area contributed by atoms with E-state index in [1.807, 2.05) is 22.6 Å². The van der Waals surface area contributed by atoms with E-state index < -0.39 is 0 Å². The number of hydrogen-bond acceptors (Lipinski definition) is 0. The molecule has 0 unspecified atom stereocenters. The predicted octanol–water partition coefficient (Wildman–Crippen LogP) is 3.82. The van der Waals surface area contributed by atoms with Crippen molar-refractivity contribution in [3.05, 3.63) is 32.1 Å². The standard InChI is InChI=1S/C7H4Cl2FI/c8-3-4-1-5(9)7(11)2-6(4)10/h1-2H,3H2. The Morgan fingerprint density at radius 3 is 2.64 bits per heavy atom. The van der Waals surface area contributed by atoms with Crippen molar-refractivity contribution in [1.29, 1.82) is 0 Å². The highest BCUT2D eigenvalue weighted by molar-refractivity contribution is 14.1. The summed E-state index contributed by atoms with van der Waals surface area (Å²) in [6.07, 6.45) is 0. The monoisotopic (exact) mass is 304 g/mol. The maximum Gasteiger partial charge on any atom is 0.128 e. The zero-order chi connectivity index (χ0) is 8.43. The van der Waals surface area contributed by atoms with Crippen molar-refractivity contribution in [2.75, 3.05) is 0 Å². The lowest BCUT2D eigenvalue weighted by molar-refractivity contribution is 0.616. The minimum absolute atomic E-state index is 0.155. The van der Waals surface area contributed by atoms with Crippen LogP contribution in [-0.4, -0.2) is 0 Å². The third-order valence-electron chi connectivity index (χ3n) is 1.23. The van der Waals surface area contributed by atoms with Gasteiger partial charge in [0.05, 0.1) is 10.9 Å². The molecule has 0 saturated carbocycles. The van der Waals surface area contributed by atoms with Crippen LogP contribution in [0.1, 0.15) is 5.56 Å². The lowest BCUT2D eigenvalue weighted by Crippen LogP contribution is -1.87. The highest BCUT2D eigenvalue weighted by Gasteiger charge is 2.04. The van der Waals surface area contributed by atoms with Crippen LogP contribution in [-0.2, 0) is 5.88 Å². The topological polar surface area (TPSA) is 0 Å². The fourth-order valence-electron chi connectivity index (χ4n) is 0.666. The Balaban J connectivity index is 3.21. The van der Waals surface area contributed by atoms with Gasteiger partial charge < -0.3 is 0 Å². The van der Waals surface area contributed by atoms with E-state index in [9.17, 15) is 4.39 Å². The Bertz CT molecular complexity index is 275. The molecule has 0 atom stereocenters. The summed E-state index contributed by atoms with van der Waals surface area (Å²) in [4.78, 5) is 0. The van der Waals surface area contributed by atoms with Crippen molar-refractivity contribution in [1.82, 2.24) is 0 Å². The minimum Gasteiger partial charge on any atom is -0.207 e. The second kappa shape index (κ2) is 3.92. The summed E-state index contributed by atoms with van der Waals surface area (Å²) in [5.41, 5.74) is 0.442. The van der Waals surface area contributed by atoms with Crippen molar-refractivity contribution in [3.63, 3.8) is 0 Å². The molecule has 1 aromatic rings. The molecule has 0 radical (unpaired) electrons. The van der Waals surface area contributed by atoms with E-state index in [0.717, 1.165) is 0 Å². The van der Waals surface area contributed by atoms with Gasteiger partial charge in [-0.2, -0.15) is 0 Å². The molecule has 0 saturated heterocycles. The third-order valence-corrected chi connectivity index (χ3v) is 3.05. The van der Waals surface area contributed by atoms with Crippen LogP contribution < -0.4 is 0 Å². The number of alkyl halides is 1. The summed E-state index contributed by atoms with van der Waals surface area (Å²) in [6.45, 7) is 0. The molecule has 0 nitrogen and oxygen atoms in total. The van der Waals surface area contributed by atoms with Crippen molar-refractivity contribution in [2.45, 2.75) is 5.88 Å². The maximum absolute atomic E-state index is 12.9. The molecule has 11 heavy (non-hydrogen) atoms. The smallest absolute Gasteiger partial charge is 0.128 e. The first-order chi connectivity index (χ1) is 5.15. The van der Waals surface area contributed by atoms with E-state index >= 15 is 0 Å². The molecule has 0 amide bonds. The van der Waals surface area contributed by atoms with Gasteiger partial charge in [-0.05, 0) is 34.7 Å². The molecule has 4 heteroatoms. The average molecular weight is 305 g/mol. The molecular weight excluding hydrogens is 301 g/mol. The quantitative estimate of drug-likeness (QED) is 0.420. The molecule has 60 valence electrons. The number of hydrogen-bond donors (Lipinski definition) is 0. The molecule has 0 fully saturated rings. The molecule has 0 aliphatic rings. The van der Waals surface area contributed by atoms with E-state index in [2.05, 4.69) is 0 Å². The van der Waals surface area contributed by atoms with Crippen molar-refractivity contribution >= 4 is 45.8 Å². The van der Waals surface area contributed by atoms with Gasteiger partial charge in [-0.15, -0.1) is 11.6 Å². The Labute approximate surface area is 87.8 Å². The van der Waals surface area contributed by atoms with Crippen LogP contribution in [0.15, 0.2) is 12.1 Å². The van der Waals surface area contributed by atoms with E-state index in [1.165, 1.54) is 6.07 Å². The Hall–Kier alpha value is 0.460. The first kappa shape index (κ1) is 9.55. The van der Waals surface area contributed by atoms with E-state index in [1.54, 1.807) is 6.07 Å². The molecule has 0 spiro atoms. The molecule has 0 aliphatic carbocycles. The van der Waals surface area contributed by atoms with Crippen LogP contribution in [0.4, 0.5) is 4.39 Å². The van der Waals surface area contributed by atoms with Crippen LogP contribution >= 0.6 is 45.8 Å². The van der Waals surface area contributed by atoms with Gasteiger partial charge >= 0.3 is 0 Å². The third kappa shape index (κ3) is 2.20. The second-order valence-electron chi connectivity index (χ2n) is 1.99. The number of halogens is 4. The van der Waals surface area contributed by atoms with Crippen LogP contribution in [0, 0.1) is 9.39 Å². The van der Waals surface area contributed by atoms with Gasteiger partial charge in [-0.1, -0.05) is 11.6 Å². The molecule has 1 aromatic carbocycles. The van der Waals surface area contributed by atoms with Gasteiger partial charge in [0.15, 0.2) is 0 Å². The summed E-state index contributed by atoms with van der Waals surface area (Å²) < 4.78 is 13.6. The van der Waals surface area contributed by atoms with Gasteiger partial charge in [0, 0.05) is 9.13 Å². The van der Waals surface area contributed by atoms with Crippen LogP contribution in [0.25, 0.3) is 0 Å². The molecule has 0 N–H and O–H groups in total. The highest BCUT2D eigenvalue weighted by atomic mass is 127. The maximum atomic E-state index is 12.9. The fraction of sp³-hybridized carbons (Fsp3) is 0.143. The molecule has 0 aliphatic heterocycles. The molecular formula is C7H4Cl2FI. The first-order valence-corrected chi connectivity index (χ1v) is 4.83. The number of benzene rings is 1. The molecule has 1 rings (SSSR count). The molecule has 0 aromatic heterocycles. The predicted molar refractivity (Wildman–Crippen MR) is 53.7 cm³/mol. The van der Waals surface area contributed by atoms with Gasteiger partial charge in [0.25, 0.3) is 0 Å². The molecule has 0 bridgehead atoms. The Kier molecular flexibility index (Phi) is 3.40. The van der Waals surface area contributed by atoms with Gasteiger partial charge in [-0.25, -0.2) is 4.39 Å². The fourth-order valence-corrected chi connectivity index (χ4v) is 1.49. The largest absolute Gasteiger partial charge is 0.207 e. The minimum atomic E-state index is -0.297. The highest BCUT2D eigenvalue weighted by Crippen LogP contribution is 2.23. The lowest BCUT2D eigenvalue weighted by atomic mass is 10.2. The SMILES string of the molecule is Fc1cc(I)c(Cl)cc1CCl. The second-order valence-corrected chi connectivity index (χ2v) is 3.83. The zero-order valence-electron chi connectivity index (χ0n) is 5.37. The average Bonchev–Trinajstić information content (AvgIpc) is 1.97. The van der Waals surface area contributed by atoms with Crippen LogP contribution in [0.5, 0.6) is 0 Å². The van der Waals surface area contributed by atoms with Crippen molar-refractivity contribution in [3.8, 4) is 0 Å². The Morgan fingerprint density at radius 1 is 1.45 bits per heavy atom. The van der Waals surface area contributed by atoms with Gasteiger partial charge in [-0.3, -0.25) is 0 Å². The van der Waals surface area contributed by atoms with E-state index in [-0.39, 0.29) is 11.7 Å². The molecule has 0 heterocycles. The summed E-state index contributed by atoms with van der Waals surface area (Å²) in [7, 11) is 0. The van der Waals surface area contributed by atoms with Crippen molar-refractivity contribution in [2.24, 2.45) is 0 Å². The van der Waals surface area contributed by atoms with Crippen LogP contribution in [0.2, 0.25) is 5.02 Å². The summed E-state index contributed by atoms with van der Waals surface area (Å²) >= 11 is 13.2. The zero-order valence-corrected chi connectivity index (χ0v) is 9.04. The lowest BCUT2D eigenvalue weighted by Gasteiger charge is -2.00. The Morgan fingerprint density at radius 2 is 2.09 bits per heavy atom. The van der Waals surface area contributed by atoms with Crippen molar-refractivity contribution < 1.29 is 4.39 Å². The van der Waals surface area contributed by atoms with Crippen LogP contribution in [0.3, 0.4) is 0 Å². The summed E-state index contributed by atoms with van der Waals surface area (Å²) in [5.74, 6) is -0.142. The first-order valence-electron chi connectivity index (χ1n) is 2.84.